The number of hydrogen-bond acceptors (Lipinski definition) is 4. The van der Waals surface area contributed by atoms with E-state index < -0.39 is 0 Å². The fourth-order valence-corrected chi connectivity index (χ4v) is 3.55. The zero-order valence-corrected chi connectivity index (χ0v) is 15.9. The molecule has 7 nitrogen and oxygen atoms in total. The molecule has 1 aromatic rings. The molecule has 2 heterocycles. The SMILES string of the molecule is CCOC(=O)N1CCN(C(=O)c2cccc(C(=O)N3CCCCC3)c2)CC1. The Bertz CT molecular complexity index is 692. The lowest BCUT2D eigenvalue weighted by molar-refractivity contribution is 0.0570. The Morgan fingerprint density at radius 2 is 1.33 bits per heavy atom. The predicted molar refractivity (Wildman–Crippen MR) is 101 cm³/mol. The minimum Gasteiger partial charge on any atom is -0.450 e. The van der Waals surface area contributed by atoms with Crippen LogP contribution in [-0.2, 0) is 4.74 Å². The molecule has 2 saturated heterocycles. The van der Waals surface area contributed by atoms with Crippen LogP contribution in [0.3, 0.4) is 0 Å². The maximum Gasteiger partial charge on any atom is 0.409 e. The summed E-state index contributed by atoms with van der Waals surface area (Å²) in [6, 6.07) is 6.97. The van der Waals surface area contributed by atoms with Crippen molar-refractivity contribution in [1.29, 1.82) is 0 Å². The van der Waals surface area contributed by atoms with E-state index in [1.807, 2.05) is 4.90 Å². The molecule has 0 unspecified atom stereocenters. The Balaban J connectivity index is 1.62. The zero-order chi connectivity index (χ0) is 19.2. The second-order valence-corrected chi connectivity index (χ2v) is 6.91. The van der Waals surface area contributed by atoms with Crippen molar-refractivity contribution in [3.05, 3.63) is 35.4 Å². The average molecular weight is 373 g/mol. The molecule has 146 valence electrons. The quantitative estimate of drug-likeness (QED) is 0.815. The number of likely N-dealkylation sites (tertiary alicyclic amines) is 1. The Kier molecular flexibility index (Phi) is 6.32. The minimum absolute atomic E-state index is 0.00326. The van der Waals surface area contributed by atoms with Crippen LogP contribution in [0.5, 0.6) is 0 Å². The predicted octanol–water partition coefficient (Wildman–Crippen LogP) is 2.23. The smallest absolute Gasteiger partial charge is 0.409 e. The van der Waals surface area contributed by atoms with E-state index in [4.69, 9.17) is 4.74 Å². The number of amides is 3. The maximum absolute atomic E-state index is 12.8. The first kappa shape index (κ1) is 19.2. The highest BCUT2D eigenvalue weighted by Gasteiger charge is 2.26. The molecule has 3 rings (SSSR count). The molecule has 0 aliphatic carbocycles. The summed E-state index contributed by atoms with van der Waals surface area (Å²) in [5.74, 6) is -0.108. The van der Waals surface area contributed by atoms with Crippen molar-refractivity contribution in [1.82, 2.24) is 14.7 Å². The van der Waals surface area contributed by atoms with Crippen LogP contribution < -0.4 is 0 Å². The van der Waals surface area contributed by atoms with E-state index >= 15 is 0 Å². The van der Waals surface area contributed by atoms with Crippen molar-refractivity contribution < 1.29 is 19.1 Å². The topological polar surface area (TPSA) is 70.2 Å². The number of piperazine rings is 1. The maximum atomic E-state index is 12.8. The van der Waals surface area contributed by atoms with Gasteiger partial charge in [0.15, 0.2) is 0 Å². The number of piperidine rings is 1. The molecule has 0 bridgehead atoms. The standard InChI is InChI=1S/C20H27N3O4/c1-2-27-20(26)23-13-11-22(12-14-23)19(25)17-8-6-7-16(15-17)18(24)21-9-4-3-5-10-21/h6-8,15H,2-5,9-14H2,1H3. The van der Waals surface area contributed by atoms with Crippen LogP contribution in [0.2, 0.25) is 0 Å². The number of ether oxygens (including phenoxy) is 1. The van der Waals surface area contributed by atoms with Crippen LogP contribution in [0.25, 0.3) is 0 Å². The molecule has 0 spiro atoms. The number of carbonyl (C=O) groups excluding carboxylic acids is 3. The van der Waals surface area contributed by atoms with E-state index in [1.165, 1.54) is 6.42 Å². The molecule has 0 atom stereocenters. The molecule has 0 radical (unpaired) electrons. The second kappa shape index (κ2) is 8.88. The zero-order valence-electron chi connectivity index (χ0n) is 15.9. The van der Waals surface area contributed by atoms with Crippen LogP contribution in [-0.4, -0.2) is 78.5 Å². The van der Waals surface area contributed by atoms with Gasteiger partial charge in [0.25, 0.3) is 11.8 Å². The van der Waals surface area contributed by atoms with Crippen LogP contribution in [0, 0.1) is 0 Å². The summed E-state index contributed by atoms with van der Waals surface area (Å²) in [7, 11) is 0. The Morgan fingerprint density at radius 3 is 1.89 bits per heavy atom. The highest BCUT2D eigenvalue weighted by Crippen LogP contribution is 2.16. The third kappa shape index (κ3) is 4.59. The normalized spacial score (nSPS) is 17.6. The summed E-state index contributed by atoms with van der Waals surface area (Å²) < 4.78 is 5.00. The van der Waals surface area contributed by atoms with Crippen molar-refractivity contribution in [3.8, 4) is 0 Å². The molecule has 0 saturated carbocycles. The van der Waals surface area contributed by atoms with E-state index in [0.717, 1.165) is 25.9 Å². The molecule has 7 heteroatoms. The van der Waals surface area contributed by atoms with E-state index in [1.54, 1.807) is 41.0 Å². The average Bonchev–Trinajstić information content (AvgIpc) is 2.73. The Hall–Kier alpha value is -2.57. The van der Waals surface area contributed by atoms with E-state index in [2.05, 4.69) is 0 Å². The number of rotatable bonds is 3. The third-order valence-electron chi connectivity index (χ3n) is 5.09. The summed E-state index contributed by atoms with van der Waals surface area (Å²) in [6.07, 6.45) is 2.91. The molecule has 0 aromatic heterocycles. The van der Waals surface area contributed by atoms with Gasteiger partial charge in [0.05, 0.1) is 6.61 Å². The third-order valence-corrected chi connectivity index (χ3v) is 5.09. The largest absolute Gasteiger partial charge is 0.450 e. The lowest BCUT2D eigenvalue weighted by Crippen LogP contribution is -2.50. The van der Waals surface area contributed by atoms with E-state index in [0.29, 0.717) is 43.9 Å². The molecule has 27 heavy (non-hydrogen) atoms. The summed E-state index contributed by atoms with van der Waals surface area (Å²) in [4.78, 5) is 42.5. The Labute approximate surface area is 159 Å². The fraction of sp³-hybridized carbons (Fsp3) is 0.550. The lowest BCUT2D eigenvalue weighted by Gasteiger charge is -2.34. The van der Waals surface area contributed by atoms with Gasteiger partial charge in [-0.1, -0.05) is 6.07 Å². The summed E-state index contributed by atoms with van der Waals surface area (Å²) in [5.41, 5.74) is 1.08. The molecule has 2 aliphatic rings. The van der Waals surface area contributed by atoms with Gasteiger partial charge in [-0.05, 0) is 44.4 Å². The minimum atomic E-state index is -0.335. The van der Waals surface area contributed by atoms with Crippen LogP contribution in [0.15, 0.2) is 24.3 Å². The first-order valence-electron chi connectivity index (χ1n) is 9.70. The van der Waals surface area contributed by atoms with Crippen molar-refractivity contribution in [2.24, 2.45) is 0 Å². The first-order chi connectivity index (χ1) is 13.1. The van der Waals surface area contributed by atoms with E-state index in [9.17, 15) is 14.4 Å². The van der Waals surface area contributed by atoms with Crippen LogP contribution >= 0.6 is 0 Å². The summed E-state index contributed by atoms with van der Waals surface area (Å²) in [6.45, 7) is 5.52. The fourth-order valence-electron chi connectivity index (χ4n) is 3.55. The van der Waals surface area contributed by atoms with Crippen LogP contribution in [0.1, 0.15) is 46.9 Å². The highest BCUT2D eigenvalue weighted by atomic mass is 16.6. The van der Waals surface area contributed by atoms with Gasteiger partial charge in [-0.15, -0.1) is 0 Å². The Morgan fingerprint density at radius 1 is 0.815 bits per heavy atom. The van der Waals surface area contributed by atoms with Crippen LogP contribution in [0.4, 0.5) is 4.79 Å². The summed E-state index contributed by atoms with van der Waals surface area (Å²) >= 11 is 0. The number of benzene rings is 1. The van der Waals surface area contributed by atoms with Gasteiger partial charge in [-0.25, -0.2) is 4.79 Å². The van der Waals surface area contributed by atoms with Gasteiger partial charge in [-0.2, -0.15) is 0 Å². The number of hydrogen-bond donors (Lipinski definition) is 0. The molecular weight excluding hydrogens is 346 g/mol. The van der Waals surface area contributed by atoms with E-state index in [-0.39, 0.29) is 17.9 Å². The highest BCUT2D eigenvalue weighted by molar-refractivity contribution is 5.99. The molecule has 2 fully saturated rings. The van der Waals surface area contributed by atoms with Crippen molar-refractivity contribution >= 4 is 17.9 Å². The molecule has 1 aromatic carbocycles. The van der Waals surface area contributed by atoms with Crippen molar-refractivity contribution in [3.63, 3.8) is 0 Å². The van der Waals surface area contributed by atoms with Gasteiger partial charge >= 0.3 is 6.09 Å². The van der Waals surface area contributed by atoms with Gasteiger partial charge in [0.2, 0.25) is 0 Å². The number of nitrogens with zero attached hydrogens (tertiary/aromatic N) is 3. The molecule has 3 amide bonds. The van der Waals surface area contributed by atoms with Gasteiger partial charge < -0.3 is 19.4 Å². The summed E-state index contributed by atoms with van der Waals surface area (Å²) in [5, 5.41) is 0. The molecule has 2 aliphatic heterocycles. The monoisotopic (exact) mass is 373 g/mol. The number of carbonyl (C=O) groups is 3. The van der Waals surface area contributed by atoms with Crippen molar-refractivity contribution in [2.45, 2.75) is 26.2 Å². The van der Waals surface area contributed by atoms with Crippen molar-refractivity contribution in [2.75, 3.05) is 45.9 Å². The molecule has 0 N–H and O–H groups in total. The van der Waals surface area contributed by atoms with Gasteiger partial charge in [0, 0.05) is 50.4 Å². The second-order valence-electron chi connectivity index (χ2n) is 6.91. The van der Waals surface area contributed by atoms with Gasteiger partial charge in [-0.3, -0.25) is 9.59 Å². The first-order valence-corrected chi connectivity index (χ1v) is 9.70. The molecular formula is C20H27N3O4. The lowest BCUT2D eigenvalue weighted by atomic mass is 10.1. The van der Waals surface area contributed by atoms with Gasteiger partial charge in [0.1, 0.15) is 0 Å².